The number of rotatable bonds is 4. The fourth-order valence-corrected chi connectivity index (χ4v) is 7.69. The van der Waals surface area contributed by atoms with Crippen LogP contribution in [0.25, 0.3) is 0 Å². The van der Waals surface area contributed by atoms with Gasteiger partial charge in [0.25, 0.3) is 0 Å². The highest BCUT2D eigenvalue weighted by atomic mass is 16.5. The standard InChI is InChI=1S/C24H36N2O4/c1-23-11-9-18-16(6-8-19-24(18,2)12-10-21(28)26(19)3)17(23)7-5-15(23)14-25-20(27)13-22(29)30-4/h10,12,15-19H,5-9,11,13-14H2,1-4H3,(H,25,27)/t15-,16+,17+,18+,19-,23-,24-/m1/s1. The lowest BCUT2D eigenvalue weighted by Gasteiger charge is -2.60. The molecule has 166 valence electrons. The highest BCUT2D eigenvalue weighted by Gasteiger charge is 2.60. The Morgan fingerprint density at radius 1 is 1.17 bits per heavy atom. The molecule has 0 bridgehead atoms. The molecular formula is C24H36N2O4. The molecule has 3 aliphatic carbocycles. The third-order valence-electron chi connectivity index (χ3n) is 9.40. The predicted octanol–water partition coefficient (Wildman–Crippen LogP) is 2.92. The smallest absolute Gasteiger partial charge is 0.315 e. The zero-order chi connectivity index (χ0) is 21.7. The highest BCUT2D eigenvalue weighted by molar-refractivity contribution is 5.94. The van der Waals surface area contributed by atoms with E-state index in [1.165, 1.54) is 32.8 Å². The molecule has 0 aromatic rings. The van der Waals surface area contributed by atoms with Crippen molar-refractivity contribution in [3.63, 3.8) is 0 Å². The van der Waals surface area contributed by atoms with E-state index in [2.05, 4.69) is 30.0 Å². The maximum atomic E-state index is 12.2. The number of hydrogen-bond donors (Lipinski definition) is 1. The SMILES string of the molecule is COC(=O)CC(=O)NC[C@H]1CC[C@H]2[C@@H]3CC[C@H]4N(C)C(=O)C=C[C@]4(C)[C@H]3CC[C@]12C. The molecule has 1 aliphatic heterocycles. The van der Waals surface area contributed by atoms with Crippen molar-refractivity contribution in [3.8, 4) is 0 Å². The first-order chi connectivity index (χ1) is 14.2. The van der Waals surface area contributed by atoms with Crippen LogP contribution in [-0.4, -0.2) is 49.4 Å². The summed E-state index contributed by atoms with van der Waals surface area (Å²) in [7, 11) is 3.27. The maximum Gasteiger partial charge on any atom is 0.315 e. The molecule has 0 aromatic heterocycles. The van der Waals surface area contributed by atoms with Crippen molar-refractivity contribution in [1.29, 1.82) is 0 Å². The van der Waals surface area contributed by atoms with Gasteiger partial charge in [-0.3, -0.25) is 14.4 Å². The summed E-state index contributed by atoms with van der Waals surface area (Å²) in [6.45, 7) is 5.45. The number of fused-ring (bicyclic) bond motifs is 5. The molecule has 30 heavy (non-hydrogen) atoms. The Kier molecular flexibility index (Phi) is 5.48. The zero-order valence-corrected chi connectivity index (χ0v) is 18.8. The molecule has 0 unspecified atom stereocenters. The van der Waals surface area contributed by atoms with Crippen molar-refractivity contribution in [1.82, 2.24) is 10.2 Å². The molecule has 6 heteroatoms. The van der Waals surface area contributed by atoms with Gasteiger partial charge >= 0.3 is 5.97 Å². The number of methoxy groups -OCH3 is 1. The quantitative estimate of drug-likeness (QED) is 0.565. The van der Waals surface area contributed by atoms with Gasteiger partial charge in [0, 0.05) is 25.0 Å². The molecule has 4 rings (SSSR count). The van der Waals surface area contributed by atoms with Crippen molar-refractivity contribution < 1.29 is 19.1 Å². The van der Waals surface area contributed by atoms with Gasteiger partial charge in [-0.1, -0.05) is 19.9 Å². The van der Waals surface area contributed by atoms with Crippen LogP contribution in [0.1, 0.15) is 58.8 Å². The number of hydrogen-bond acceptors (Lipinski definition) is 4. The summed E-state index contributed by atoms with van der Waals surface area (Å²) in [5, 5.41) is 2.99. The van der Waals surface area contributed by atoms with Gasteiger partial charge in [-0.05, 0) is 73.7 Å². The van der Waals surface area contributed by atoms with E-state index >= 15 is 0 Å². The second kappa shape index (κ2) is 7.69. The topological polar surface area (TPSA) is 75.7 Å². The van der Waals surface area contributed by atoms with Crippen LogP contribution in [0, 0.1) is 34.5 Å². The largest absolute Gasteiger partial charge is 0.469 e. The van der Waals surface area contributed by atoms with Crippen LogP contribution in [0.2, 0.25) is 0 Å². The van der Waals surface area contributed by atoms with Crippen LogP contribution in [0.5, 0.6) is 0 Å². The number of nitrogens with one attached hydrogen (secondary N) is 1. The third kappa shape index (κ3) is 3.27. The Balaban J connectivity index is 1.46. The number of carbonyl (C=O) groups is 3. The normalized spacial score (nSPS) is 42.2. The molecule has 0 saturated heterocycles. The molecule has 4 aliphatic rings. The minimum atomic E-state index is -0.488. The number of ether oxygens (including phenoxy) is 1. The molecule has 3 saturated carbocycles. The molecule has 1 heterocycles. The summed E-state index contributed by atoms with van der Waals surface area (Å²) in [4.78, 5) is 37.6. The van der Waals surface area contributed by atoms with E-state index in [4.69, 9.17) is 0 Å². The second-order valence-corrected chi connectivity index (χ2v) is 10.5. The lowest BCUT2D eigenvalue weighted by molar-refractivity contribution is -0.144. The van der Waals surface area contributed by atoms with E-state index in [0.29, 0.717) is 36.3 Å². The number of esters is 1. The Morgan fingerprint density at radius 2 is 1.93 bits per heavy atom. The van der Waals surface area contributed by atoms with Crippen molar-refractivity contribution in [2.24, 2.45) is 34.5 Å². The van der Waals surface area contributed by atoms with Gasteiger partial charge < -0.3 is 15.0 Å². The van der Waals surface area contributed by atoms with Crippen molar-refractivity contribution in [2.45, 2.75) is 64.8 Å². The van der Waals surface area contributed by atoms with Gasteiger partial charge in [-0.15, -0.1) is 0 Å². The first kappa shape index (κ1) is 21.4. The average molecular weight is 417 g/mol. The number of carbonyl (C=O) groups excluding carboxylic acids is 3. The third-order valence-corrected chi connectivity index (χ3v) is 9.40. The Bertz CT molecular complexity index is 764. The van der Waals surface area contributed by atoms with Gasteiger partial charge in [0.2, 0.25) is 11.8 Å². The molecule has 6 nitrogen and oxygen atoms in total. The van der Waals surface area contributed by atoms with Gasteiger partial charge in [-0.2, -0.15) is 0 Å². The molecule has 7 atom stereocenters. The van der Waals surface area contributed by atoms with Gasteiger partial charge in [0.1, 0.15) is 6.42 Å². The number of likely N-dealkylation sites (N-methyl/N-ethyl adjacent to an activating group) is 1. The summed E-state index contributed by atoms with van der Waals surface area (Å²) >= 11 is 0. The lowest BCUT2D eigenvalue weighted by atomic mass is 9.47. The minimum absolute atomic E-state index is 0.0692. The molecule has 0 radical (unpaired) electrons. The van der Waals surface area contributed by atoms with Gasteiger partial charge in [0.15, 0.2) is 0 Å². The van der Waals surface area contributed by atoms with Crippen LogP contribution >= 0.6 is 0 Å². The van der Waals surface area contributed by atoms with Crippen LogP contribution in [-0.2, 0) is 19.1 Å². The predicted molar refractivity (Wildman–Crippen MR) is 113 cm³/mol. The molecule has 1 N–H and O–H groups in total. The van der Waals surface area contributed by atoms with E-state index < -0.39 is 5.97 Å². The Morgan fingerprint density at radius 3 is 2.67 bits per heavy atom. The maximum absolute atomic E-state index is 12.2. The summed E-state index contributed by atoms with van der Waals surface area (Å²) in [6.07, 6.45) is 10.8. The molecule has 0 aromatic carbocycles. The minimum Gasteiger partial charge on any atom is -0.469 e. The summed E-state index contributed by atoms with van der Waals surface area (Å²) < 4.78 is 4.59. The average Bonchev–Trinajstić information content (AvgIpc) is 3.05. The van der Waals surface area contributed by atoms with Crippen molar-refractivity contribution in [2.75, 3.05) is 20.7 Å². The van der Waals surface area contributed by atoms with Gasteiger partial charge in [0.05, 0.1) is 7.11 Å². The van der Waals surface area contributed by atoms with Crippen molar-refractivity contribution in [3.05, 3.63) is 12.2 Å². The van der Waals surface area contributed by atoms with E-state index in [0.717, 1.165) is 12.8 Å². The van der Waals surface area contributed by atoms with E-state index in [9.17, 15) is 14.4 Å². The monoisotopic (exact) mass is 416 g/mol. The Hall–Kier alpha value is -1.85. The second-order valence-electron chi connectivity index (χ2n) is 10.5. The van der Waals surface area contributed by atoms with Crippen LogP contribution in [0.3, 0.4) is 0 Å². The number of amides is 2. The molecule has 0 spiro atoms. The molecule has 3 fully saturated rings. The molecular weight excluding hydrogens is 380 g/mol. The highest BCUT2D eigenvalue weighted by Crippen LogP contribution is 2.65. The van der Waals surface area contributed by atoms with Crippen LogP contribution < -0.4 is 5.32 Å². The fourth-order valence-electron chi connectivity index (χ4n) is 7.69. The van der Waals surface area contributed by atoms with E-state index in [-0.39, 0.29) is 29.1 Å². The zero-order valence-electron chi connectivity index (χ0n) is 18.8. The van der Waals surface area contributed by atoms with E-state index in [1.54, 1.807) is 6.08 Å². The summed E-state index contributed by atoms with van der Waals surface area (Å²) in [5.74, 6) is 1.85. The van der Waals surface area contributed by atoms with E-state index in [1.807, 2.05) is 11.9 Å². The summed E-state index contributed by atoms with van der Waals surface area (Å²) in [5.41, 5.74) is 0.308. The first-order valence-electron chi connectivity index (χ1n) is 11.5. The number of nitrogens with zero attached hydrogens (tertiary/aromatic N) is 1. The van der Waals surface area contributed by atoms with Gasteiger partial charge in [-0.25, -0.2) is 0 Å². The lowest BCUT2D eigenvalue weighted by Crippen LogP contribution is -2.59. The van der Waals surface area contributed by atoms with Crippen LogP contribution in [0.4, 0.5) is 0 Å². The summed E-state index contributed by atoms with van der Waals surface area (Å²) in [6, 6.07) is 0.315. The van der Waals surface area contributed by atoms with Crippen molar-refractivity contribution >= 4 is 17.8 Å². The Labute approximate surface area is 179 Å². The van der Waals surface area contributed by atoms with Crippen LogP contribution in [0.15, 0.2) is 12.2 Å². The fraction of sp³-hybridized carbons (Fsp3) is 0.792. The first-order valence-corrected chi connectivity index (χ1v) is 11.5. The molecule has 2 amide bonds.